The third-order valence-corrected chi connectivity index (χ3v) is 4.38. The number of nitrogens with two attached hydrogens (primary N) is 1. The highest BCUT2D eigenvalue weighted by Crippen LogP contribution is 2.35. The van der Waals surface area contributed by atoms with Crippen LogP contribution in [0.3, 0.4) is 0 Å². The van der Waals surface area contributed by atoms with Gasteiger partial charge in [0.1, 0.15) is 5.75 Å². The average molecular weight is 289 g/mol. The molecule has 1 aliphatic carbocycles. The Kier molecular flexibility index (Phi) is 4.18. The van der Waals surface area contributed by atoms with E-state index in [-0.39, 0.29) is 12.5 Å². The van der Waals surface area contributed by atoms with Gasteiger partial charge in [0.25, 0.3) is 5.91 Å². The van der Waals surface area contributed by atoms with Gasteiger partial charge in [-0.15, -0.1) is 0 Å². The van der Waals surface area contributed by atoms with Gasteiger partial charge in [-0.1, -0.05) is 32.1 Å². The molecule has 4 N–H and O–H groups in total. The zero-order valence-corrected chi connectivity index (χ0v) is 12.3. The van der Waals surface area contributed by atoms with Crippen LogP contribution in [0.2, 0.25) is 0 Å². The zero-order valence-electron chi connectivity index (χ0n) is 12.3. The summed E-state index contributed by atoms with van der Waals surface area (Å²) in [5.41, 5.74) is 8.27. The minimum Gasteiger partial charge on any atom is -0.482 e. The van der Waals surface area contributed by atoms with E-state index in [1.165, 1.54) is 38.5 Å². The van der Waals surface area contributed by atoms with Crippen molar-refractivity contribution < 1.29 is 9.53 Å². The number of anilines is 3. The molecule has 0 unspecified atom stereocenters. The van der Waals surface area contributed by atoms with Crippen LogP contribution >= 0.6 is 0 Å². The van der Waals surface area contributed by atoms with Crippen molar-refractivity contribution in [2.24, 2.45) is 5.92 Å². The van der Waals surface area contributed by atoms with E-state index in [0.717, 1.165) is 18.2 Å². The maximum Gasteiger partial charge on any atom is 0.262 e. The number of hydrogen-bond donors (Lipinski definition) is 3. The summed E-state index contributed by atoms with van der Waals surface area (Å²) in [6.07, 6.45) is 8.02. The molecular formula is C16H23N3O2. The second-order valence-electron chi connectivity index (χ2n) is 5.99. The monoisotopic (exact) mass is 289 g/mol. The lowest BCUT2D eigenvalue weighted by Crippen LogP contribution is -2.25. The summed E-state index contributed by atoms with van der Waals surface area (Å²) in [4.78, 5) is 11.4. The topological polar surface area (TPSA) is 76.4 Å². The summed E-state index contributed by atoms with van der Waals surface area (Å²) in [6, 6.07) is 3.64. The van der Waals surface area contributed by atoms with Gasteiger partial charge in [0.15, 0.2) is 6.61 Å². The summed E-state index contributed by atoms with van der Waals surface area (Å²) in [6.45, 7) is 0.976. The molecular weight excluding hydrogens is 266 g/mol. The first kappa shape index (κ1) is 14.0. The lowest BCUT2D eigenvalue weighted by Gasteiger charge is -2.23. The summed E-state index contributed by atoms with van der Waals surface area (Å²) >= 11 is 0. The van der Waals surface area contributed by atoms with E-state index in [0.29, 0.717) is 17.1 Å². The molecule has 3 rings (SSSR count). The van der Waals surface area contributed by atoms with Gasteiger partial charge in [-0.05, 0) is 18.4 Å². The number of benzene rings is 1. The van der Waals surface area contributed by atoms with Crippen molar-refractivity contribution in [3.8, 4) is 5.75 Å². The molecule has 0 aromatic heterocycles. The van der Waals surface area contributed by atoms with E-state index < -0.39 is 0 Å². The van der Waals surface area contributed by atoms with Crippen LogP contribution in [0.1, 0.15) is 38.5 Å². The van der Waals surface area contributed by atoms with Crippen LogP contribution in [0.15, 0.2) is 12.1 Å². The molecule has 1 saturated carbocycles. The molecule has 1 aromatic carbocycles. The smallest absolute Gasteiger partial charge is 0.262 e. The molecule has 1 amide bonds. The third kappa shape index (κ3) is 3.40. The molecule has 0 atom stereocenters. The highest BCUT2D eigenvalue weighted by atomic mass is 16.5. The van der Waals surface area contributed by atoms with Crippen LogP contribution in [-0.4, -0.2) is 19.1 Å². The molecule has 2 aliphatic rings. The lowest BCUT2D eigenvalue weighted by molar-refractivity contribution is -0.118. The minimum absolute atomic E-state index is 0.0564. The van der Waals surface area contributed by atoms with Crippen LogP contribution in [-0.2, 0) is 4.79 Å². The Hall–Kier alpha value is -1.91. The fraction of sp³-hybridized carbons (Fsp3) is 0.562. The maximum absolute atomic E-state index is 11.4. The van der Waals surface area contributed by atoms with E-state index in [2.05, 4.69) is 10.6 Å². The molecule has 0 spiro atoms. The number of nitrogen functional groups attached to an aromatic ring is 1. The maximum atomic E-state index is 11.4. The fourth-order valence-corrected chi connectivity index (χ4v) is 3.18. The third-order valence-electron chi connectivity index (χ3n) is 4.38. The van der Waals surface area contributed by atoms with Crippen LogP contribution < -0.4 is 21.1 Å². The molecule has 0 saturated heterocycles. The van der Waals surface area contributed by atoms with Gasteiger partial charge < -0.3 is 21.1 Å². The average Bonchev–Trinajstić information content (AvgIpc) is 2.49. The van der Waals surface area contributed by atoms with Crippen molar-refractivity contribution in [3.63, 3.8) is 0 Å². The Bertz CT molecular complexity index is 524. The molecule has 5 nitrogen and oxygen atoms in total. The summed E-state index contributed by atoms with van der Waals surface area (Å²) in [5.74, 6) is 1.36. The molecule has 1 aliphatic heterocycles. The summed E-state index contributed by atoms with van der Waals surface area (Å²) in [5, 5.41) is 6.20. The van der Waals surface area contributed by atoms with Crippen molar-refractivity contribution in [2.75, 3.05) is 29.5 Å². The van der Waals surface area contributed by atoms with Gasteiger partial charge in [-0.25, -0.2) is 0 Å². The van der Waals surface area contributed by atoms with Crippen molar-refractivity contribution in [2.45, 2.75) is 38.5 Å². The van der Waals surface area contributed by atoms with E-state index in [1.54, 1.807) is 6.07 Å². The largest absolute Gasteiger partial charge is 0.482 e. The summed E-state index contributed by atoms with van der Waals surface area (Å²) < 4.78 is 5.35. The normalized spacial score (nSPS) is 18.6. The standard InChI is InChI=1S/C16H23N3O2/c17-12-8-15-14(19-16(20)10-21-15)9-13(12)18-7-6-11-4-2-1-3-5-11/h8-9,11,18H,1-7,10,17H2,(H,19,20). The van der Waals surface area contributed by atoms with Gasteiger partial charge in [0, 0.05) is 12.6 Å². The second-order valence-corrected chi connectivity index (χ2v) is 5.99. The molecule has 114 valence electrons. The molecule has 1 fully saturated rings. The Morgan fingerprint density at radius 2 is 2.10 bits per heavy atom. The van der Waals surface area contributed by atoms with E-state index >= 15 is 0 Å². The number of hydrogen-bond acceptors (Lipinski definition) is 4. The van der Waals surface area contributed by atoms with Crippen molar-refractivity contribution in [1.82, 2.24) is 0 Å². The number of nitrogens with one attached hydrogen (secondary N) is 2. The Morgan fingerprint density at radius 3 is 2.90 bits per heavy atom. The predicted molar refractivity (Wildman–Crippen MR) is 84.7 cm³/mol. The zero-order chi connectivity index (χ0) is 14.7. The Morgan fingerprint density at radius 1 is 1.29 bits per heavy atom. The number of ether oxygens (including phenoxy) is 1. The van der Waals surface area contributed by atoms with Crippen molar-refractivity contribution >= 4 is 23.0 Å². The number of carbonyl (C=O) groups excluding carboxylic acids is 1. The first-order valence-electron chi connectivity index (χ1n) is 7.82. The first-order chi connectivity index (χ1) is 10.2. The van der Waals surface area contributed by atoms with Gasteiger partial charge in [0.2, 0.25) is 0 Å². The molecule has 1 heterocycles. The number of fused-ring (bicyclic) bond motifs is 1. The Balaban J connectivity index is 1.59. The van der Waals surface area contributed by atoms with E-state index in [9.17, 15) is 4.79 Å². The lowest BCUT2D eigenvalue weighted by atomic mass is 9.87. The van der Waals surface area contributed by atoms with E-state index in [1.807, 2.05) is 6.07 Å². The predicted octanol–water partition coefficient (Wildman–Crippen LogP) is 2.98. The quantitative estimate of drug-likeness (QED) is 0.745. The van der Waals surface area contributed by atoms with Gasteiger partial charge in [-0.2, -0.15) is 0 Å². The van der Waals surface area contributed by atoms with Crippen molar-refractivity contribution in [3.05, 3.63) is 12.1 Å². The van der Waals surface area contributed by atoms with E-state index in [4.69, 9.17) is 10.5 Å². The number of rotatable bonds is 4. The summed E-state index contributed by atoms with van der Waals surface area (Å²) in [7, 11) is 0. The second kappa shape index (κ2) is 6.24. The van der Waals surface area contributed by atoms with Crippen molar-refractivity contribution in [1.29, 1.82) is 0 Å². The number of amides is 1. The van der Waals surface area contributed by atoms with Crippen LogP contribution in [0.5, 0.6) is 5.75 Å². The molecule has 5 heteroatoms. The minimum atomic E-state index is -0.125. The van der Waals surface area contributed by atoms with Crippen LogP contribution in [0, 0.1) is 5.92 Å². The van der Waals surface area contributed by atoms with Gasteiger partial charge >= 0.3 is 0 Å². The Labute approximate surface area is 125 Å². The molecule has 0 radical (unpaired) electrons. The highest BCUT2D eigenvalue weighted by molar-refractivity contribution is 5.97. The van der Waals surface area contributed by atoms with Crippen LogP contribution in [0.25, 0.3) is 0 Å². The molecule has 1 aromatic rings. The number of carbonyl (C=O) groups is 1. The van der Waals surface area contributed by atoms with Crippen LogP contribution in [0.4, 0.5) is 17.1 Å². The fourth-order valence-electron chi connectivity index (χ4n) is 3.18. The molecule has 21 heavy (non-hydrogen) atoms. The van der Waals surface area contributed by atoms with Gasteiger partial charge in [-0.3, -0.25) is 4.79 Å². The SMILES string of the molecule is Nc1cc2c(cc1NCCC1CCCCC1)NC(=O)CO2. The van der Waals surface area contributed by atoms with Gasteiger partial charge in [0.05, 0.1) is 17.1 Å². The highest BCUT2D eigenvalue weighted by Gasteiger charge is 2.18. The first-order valence-corrected chi connectivity index (χ1v) is 7.82. The molecule has 0 bridgehead atoms.